The summed E-state index contributed by atoms with van der Waals surface area (Å²) < 4.78 is 11.4. The standard InChI is InChI=1S/C11H15N3O2/c12-6-10-13-7-8-5-11(15-3-4-16-11)2-1-9(8)14-10/h7H,1-6,12H2. The lowest BCUT2D eigenvalue weighted by Gasteiger charge is -2.32. The number of hydrogen-bond acceptors (Lipinski definition) is 5. The van der Waals surface area contributed by atoms with Crippen LogP contribution >= 0.6 is 0 Å². The number of aryl methyl sites for hydroxylation is 1. The Bertz CT molecular complexity index is 402. The van der Waals surface area contributed by atoms with Crippen LogP contribution in [0.4, 0.5) is 0 Å². The van der Waals surface area contributed by atoms with Crippen molar-refractivity contribution in [2.75, 3.05) is 13.2 Å². The number of rotatable bonds is 1. The second-order valence-electron chi connectivity index (χ2n) is 4.25. The van der Waals surface area contributed by atoms with E-state index in [1.165, 1.54) is 0 Å². The van der Waals surface area contributed by atoms with Crippen LogP contribution < -0.4 is 5.73 Å². The van der Waals surface area contributed by atoms with E-state index in [-0.39, 0.29) is 0 Å². The molecule has 0 unspecified atom stereocenters. The predicted molar refractivity (Wildman–Crippen MR) is 56.6 cm³/mol. The van der Waals surface area contributed by atoms with Gasteiger partial charge in [-0.05, 0) is 12.0 Å². The monoisotopic (exact) mass is 221 g/mol. The van der Waals surface area contributed by atoms with Gasteiger partial charge >= 0.3 is 0 Å². The maximum Gasteiger partial charge on any atom is 0.172 e. The van der Waals surface area contributed by atoms with E-state index in [1.54, 1.807) is 0 Å². The molecule has 5 heteroatoms. The molecule has 1 aromatic rings. The highest BCUT2D eigenvalue weighted by molar-refractivity contribution is 5.23. The Kier molecular flexibility index (Phi) is 2.38. The topological polar surface area (TPSA) is 70.3 Å². The summed E-state index contributed by atoms with van der Waals surface area (Å²) in [6, 6.07) is 0. The first-order chi connectivity index (χ1) is 7.81. The van der Waals surface area contributed by atoms with Gasteiger partial charge in [-0.1, -0.05) is 0 Å². The van der Waals surface area contributed by atoms with Gasteiger partial charge in [0.25, 0.3) is 0 Å². The molecule has 2 heterocycles. The molecule has 0 amide bonds. The van der Waals surface area contributed by atoms with Crippen LogP contribution in [0, 0.1) is 0 Å². The van der Waals surface area contributed by atoms with Crippen molar-refractivity contribution in [3.63, 3.8) is 0 Å². The normalized spacial score (nSPS) is 22.3. The van der Waals surface area contributed by atoms with Gasteiger partial charge in [0.15, 0.2) is 5.79 Å². The fourth-order valence-electron chi connectivity index (χ4n) is 2.38. The molecule has 1 saturated heterocycles. The van der Waals surface area contributed by atoms with Crippen molar-refractivity contribution < 1.29 is 9.47 Å². The molecule has 1 aliphatic carbocycles. The van der Waals surface area contributed by atoms with Crippen molar-refractivity contribution in [2.24, 2.45) is 5.73 Å². The maximum atomic E-state index is 5.69. The van der Waals surface area contributed by atoms with Crippen LogP contribution in [0.15, 0.2) is 6.20 Å². The third kappa shape index (κ3) is 1.61. The van der Waals surface area contributed by atoms with Crippen molar-refractivity contribution in [3.05, 3.63) is 23.3 Å². The lowest BCUT2D eigenvalue weighted by atomic mass is 9.91. The van der Waals surface area contributed by atoms with Gasteiger partial charge in [0.05, 0.1) is 19.8 Å². The lowest BCUT2D eigenvalue weighted by molar-refractivity contribution is -0.164. The van der Waals surface area contributed by atoms with E-state index < -0.39 is 5.79 Å². The highest BCUT2D eigenvalue weighted by atomic mass is 16.7. The van der Waals surface area contributed by atoms with Gasteiger partial charge in [-0.25, -0.2) is 9.97 Å². The first kappa shape index (κ1) is 10.1. The van der Waals surface area contributed by atoms with Crippen molar-refractivity contribution in [2.45, 2.75) is 31.6 Å². The average molecular weight is 221 g/mol. The molecule has 1 spiro atoms. The minimum absolute atomic E-state index is 0.394. The molecule has 2 N–H and O–H groups in total. The van der Waals surface area contributed by atoms with E-state index in [4.69, 9.17) is 15.2 Å². The van der Waals surface area contributed by atoms with E-state index in [2.05, 4.69) is 9.97 Å². The molecule has 1 fully saturated rings. The second-order valence-corrected chi connectivity index (χ2v) is 4.25. The first-order valence-electron chi connectivity index (χ1n) is 5.63. The Labute approximate surface area is 94.0 Å². The second kappa shape index (κ2) is 3.76. The minimum Gasteiger partial charge on any atom is -0.347 e. The molecular weight excluding hydrogens is 206 g/mol. The molecule has 1 aliphatic heterocycles. The van der Waals surface area contributed by atoms with Gasteiger partial charge in [-0.2, -0.15) is 0 Å². The van der Waals surface area contributed by atoms with Crippen LogP contribution in [0.5, 0.6) is 0 Å². The summed E-state index contributed by atoms with van der Waals surface area (Å²) in [6.07, 6.45) is 4.37. The Morgan fingerprint density at radius 3 is 2.94 bits per heavy atom. The number of ether oxygens (including phenoxy) is 2. The summed E-state index contributed by atoms with van der Waals surface area (Å²) >= 11 is 0. The fraction of sp³-hybridized carbons (Fsp3) is 0.636. The summed E-state index contributed by atoms with van der Waals surface area (Å²) in [4.78, 5) is 8.66. The summed E-state index contributed by atoms with van der Waals surface area (Å²) in [6.45, 7) is 1.78. The maximum absolute atomic E-state index is 5.69. The Balaban J connectivity index is 1.89. The third-order valence-electron chi connectivity index (χ3n) is 3.20. The predicted octanol–water partition coefficient (Wildman–Crippen LogP) is 0.167. The molecule has 0 saturated carbocycles. The molecule has 0 bridgehead atoms. The molecule has 2 aliphatic rings. The summed E-state index contributed by atoms with van der Waals surface area (Å²) in [5.41, 5.74) is 7.75. The van der Waals surface area contributed by atoms with Gasteiger partial charge in [0, 0.05) is 24.7 Å². The molecule has 0 aromatic carbocycles. The molecule has 0 radical (unpaired) electrons. The van der Waals surface area contributed by atoms with E-state index >= 15 is 0 Å². The lowest BCUT2D eigenvalue weighted by Crippen LogP contribution is -2.37. The van der Waals surface area contributed by atoms with Crippen molar-refractivity contribution >= 4 is 0 Å². The van der Waals surface area contributed by atoms with Crippen LogP contribution in [0.1, 0.15) is 23.5 Å². The highest BCUT2D eigenvalue weighted by Crippen LogP contribution is 2.34. The van der Waals surface area contributed by atoms with E-state index in [1.807, 2.05) is 6.20 Å². The van der Waals surface area contributed by atoms with Crippen LogP contribution in [-0.2, 0) is 28.9 Å². The molecule has 1 aromatic heterocycles. The quantitative estimate of drug-likeness (QED) is 0.732. The zero-order valence-electron chi connectivity index (χ0n) is 9.11. The first-order valence-corrected chi connectivity index (χ1v) is 5.63. The number of nitrogens with zero attached hydrogens (tertiary/aromatic N) is 2. The van der Waals surface area contributed by atoms with Crippen LogP contribution in [-0.4, -0.2) is 29.0 Å². The minimum atomic E-state index is -0.402. The molecule has 16 heavy (non-hydrogen) atoms. The van der Waals surface area contributed by atoms with Gasteiger partial charge in [-0.3, -0.25) is 0 Å². The van der Waals surface area contributed by atoms with Crippen LogP contribution in [0.3, 0.4) is 0 Å². The van der Waals surface area contributed by atoms with Gasteiger partial charge in [0.1, 0.15) is 5.82 Å². The molecule has 0 atom stereocenters. The van der Waals surface area contributed by atoms with Crippen molar-refractivity contribution in [3.8, 4) is 0 Å². The number of aromatic nitrogens is 2. The number of hydrogen-bond donors (Lipinski definition) is 1. The van der Waals surface area contributed by atoms with E-state index in [0.29, 0.717) is 25.6 Å². The Morgan fingerprint density at radius 2 is 2.19 bits per heavy atom. The number of fused-ring (bicyclic) bond motifs is 1. The zero-order valence-corrected chi connectivity index (χ0v) is 9.11. The number of nitrogens with two attached hydrogens (primary N) is 1. The van der Waals surface area contributed by atoms with Crippen molar-refractivity contribution in [1.29, 1.82) is 0 Å². The third-order valence-corrected chi connectivity index (χ3v) is 3.20. The highest BCUT2D eigenvalue weighted by Gasteiger charge is 2.40. The molecular formula is C11H15N3O2. The summed E-state index contributed by atoms with van der Waals surface area (Å²) in [7, 11) is 0. The zero-order chi connectivity index (χ0) is 11.0. The SMILES string of the molecule is NCc1ncc2c(n1)CCC1(C2)OCCO1. The summed E-state index contributed by atoms with van der Waals surface area (Å²) in [5, 5.41) is 0. The van der Waals surface area contributed by atoms with Crippen LogP contribution in [0.2, 0.25) is 0 Å². The molecule has 3 rings (SSSR count). The van der Waals surface area contributed by atoms with E-state index in [9.17, 15) is 0 Å². The summed E-state index contributed by atoms with van der Waals surface area (Å²) in [5.74, 6) is 0.309. The van der Waals surface area contributed by atoms with Gasteiger partial charge in [0.2, 0.25) is 0 Å². The Hall–Kier alpha value is -1.04. The average Bonchev–Trinajstić information content (AvgIpc) is 2.77. The van der Waals surface area contributed by atoms with Crippen LogP contribution in [0.25, 0.3) is 0 Å². The van der Waals surface area contributed by atoms with Gasteiger partial charge in [-0.15, -0.1) is 0 Å². The molecule has 5 nitrogen and oxygen atoms in total. The molecule has 86 valence electrons. The largest absolute Gasteiger partial charge is 0.347 e. The fourth-order valence-corrected chi connectivity index (χ4v) is 2.38. The van der Waals surface area contributed by atoms with E-state index in [0.717, 1.165) is 30.5 Å². The smallest absolute Gasteiger partial charge is 0.172 e. The van der Waals surface area contributed by atoms with Crippen molar-refractivity contribution in [1.82, 2.24) is 9.97 Å². The van der Waals surface area contributed by atoms with Gasteiger partial charge < -0.3 is 15.2 Å². The Morgan fingerprint density at radius 1 is 1.38 bits per heavy atom.